The zero-order valence-corrected chi connectivity index (χ0v) is 16.1. The lowest BCUT2D eigenvalue weighted by molar-refractivity contribution is -0.119. The minimum atomic E-state index is 0.143. The Balaban J connectivity index is 1.68. The number of aromatic nitrogens is 1. The number of benzene rings is 2. The molecule has 2 heterocycles. The van der Waals surface area contributed by atoms with Crippen LogP contribution in [-0.2, 0) is 24.2 Å². The van der Waals surface area contributed by atoms with Gasteiger partial charge in [0.25, 0.3) is 0 Å². The van der Waals surface area contributed by atoms with Crippen molar-refractivity contribution < 1.29 is 4.79 Å². The van der Waals surface area contributed by atoms with E-state index >= 15 is 0 Å². The minimum absolute atomic E-state index is 0.143. The summed E-state index contributed by atoms with van der Waals surface area (Å²) in [5.41, 5.74) is 12.1. The van der Waals surface area contributed by atoms with Gasteiger partial charge in [0, 0.05) is 34.9 Å². The molecule has 1 atom stereocenters. The molecule has 4 rings (SSSR count). The minimum Gasteiger partial charge on any atom is -0.335 e. The predicted octanol–water partition coefficient (Wildman–Crippen LogP) is 3.82. The summed E-state index contributed by atoms with van der Waals surface area (Å²) in [6.07, 6.45) is 2.73. The lowest BCUT2D eigenvalue weighted by Crippen LogP contribution is -2.32. The van der Waals surface area contributed by atoms with E-state index < -0.39 is 0 Å². The Morgan fingerprint density at radius 2 is 1.89 bits per heavy atom. The van der Waals surface area contributed by atoms with Crippen LogP contribution in [0.3, 0.4) is 0 Å². The molecule has 0 radical (unpaired) electrons. The van der Waals surface area contributed by atoms with Crippen LogP contribution < -0.4 is 10.6 Å². The third-order valence-electron chi connectivity index (χ3n) is 5.83. The number of carbonyl (C=O) groups excluding carboxylic acids is 1. The van der Waals surface area contributed by atoms with Gasteiger partial charge in [0.05, 0.1) is 0 Å². The Labute approximate surface area is 160 Å². The fourth-order valence-electron chi connectivity index (χ4n) is 4.19. The molecule has 0 spiro atoms. The standard InChI is InChI=1S/C23H27N3O/c1-3-18(24)14-20-16(2)26(22-11-7-5-9-19(20)22)15-23(27)25-13-12-17-8-4-6-10-21(17)25/h4-11,18H,3,12-15,24H2,1-2H3. The highest BCUT2D eigenvalue weighted by molar-refractivity contribution is 5.96. The molecular formula is C23H27N3O. The van der Waals surface area contributed by atoms with E-state index in [2.05, 4.69) is 42.7 Å². The second-order valence-electron chi connectivity index (χ2n) is 7.46. The molecule has 3 aromatic rings. The van der Waals surface area contributed by atoms with Crippen LogP contribution in [0.5, 0.6) is 0 Å². The van der Waals surface area contributed by atoms with E-state index in [0.717, 1.165) is 42.7 Å². The van der Waals surface area contributed by atoms with Crippen LogP contribution in [0, 0.1) is 6.92 Å². The Morgan fingerprint density at radius 3 is 2.70 bits per heavy atom. The number of carbonyl (C=O) groups is 1. The van der Waals surface area contributed by atoms with Gasteiger partial charge in [-0.3, -0.25) is 4.79 Å². The Morgan fingerprint density at radius 1 is 1.15 bits per heavy atom. The van der Waals surface area contributed by atoms with Crippen LogP contribution in [0.2, 0.25) is 0 Å². The number of para-hydroxylation sites is 2. The van der Waals surface area contributed by atoms with Crippen molar-refractivity contribution in [2.24, 2.45) is 5.73 Å². The van der Waals surface area contributed by atoms with E-state index in [1.165, 1.54) is 16.5 Å². The molecule has 2 aromatic carbocycles. The second-order valence-corrected chi connectivity index (χ2v) is 7.46. The van der Waals surface area contributed by atoms with E-state index in [-0.39, 0.29) is 11.9 Å². The van der Waals surface area contributed by atoms with E-state index in [0.29, 0.717) is 6.54 Å². The number of nitrogens with two attached hydrogens (primary N) is 1. The molecule has 0 saturated heterocycles. The van der Waals surface area contributed by atoms with Gasteiger partial charge in [-0.05, 0) is 49.4 Å². The van der Waals surface area contributed by atoms with Gasteiger partial charge in [-0.1, -0.05) is 43.3 Å². The first-order chi connectivity index (χ1) is 13.1. The molecule has 2 N–H and O–H groups in total. The van der Waals surface area contributed by atoms with Crippen LogP contribution in [0.4, 0.5) is 5.69 Å². The summed E-state index contributed by atoms with van der Waals surface area (Å²) in [6.45, 7) is 5.36. The van der Waals surface area contributed by atoms with Crippen molar-refractivity contribution in [3.63, 3.8) is 0 Å². The third kappa shape index (κ3) is 3.15. The molecule has 1 unspecified atom stereocenters. The van der Waals surface area contributed by atoms with Gasteiger partial charge in [0.15, 0.2) is 0 Å². The number of amides is 1. The summed E-state index contributed by atoms with van der Waals surface area (Å²) >= 11 is 0. The van der Waals surface area contributed by atoms with Crippen LogP contribution in [0.15, 0.2) is 48.5 Å². The molecule has 4 heteroatoms. The summed E-state index contributed by atoms with van der Waals surface area (Å²) in [7, 11) is 0. The smallest absolute Gasteiger partial charge is 0.246 e. The Hall–Kier alpha value is -2.59. The highest BCUT2D eigenvalue weighted by Crippen LogP contribution is 2.30. The fourth-order valence-corrected chi connectivity index (χ4v) is 4.19. The zero-order valence-electron chi connectivity index (χ0n) is 16.1. The van der Waals surface area contributed by atoms with E-state index in [1.54, 1.807) is 0 Å². The Bertz CT molecular complexity index is 988. The lowest BCUT2D eigenvalue weighted by atomic mass is 10.0. The van der Waals surface area contributed by atoms with Gasteiger partial charge in [0.1, 0.15) is 6.54 Å². The van der Waals surface area contributed by atoms with Crippen LogP contribution >= 0.6 is 0 Å². The number of nitrogens with zero attached hydrogens (tertiary/aromatic N) is 2. The molecular weight excluding hydrogens is 334 g/mol. The molecule has 0 bridgehead atoms. The first-order valence-corrected chi connectivity index (χ1v) is 9.80. The average Bonchev–Trinajstić information content (AvgIpc) is 3.23. The van der Waals surface area contributed by atoms with Crippen molar-refractivity contribution in [3.05, 3.63) is 65.4 Å². The van der Waals surface area contributed by atoms with E-state index in [4.69, 9.17) is 5.73 Å². The number of hydrogen-bond acceptors (Lipinski definition) is 2. The molecule has 1 amide bonds. The SMILES string of the molecule is CCC(N)Cc1c(C)n(CC(=O)N2CCc3ccccc32)c2ccccc12. The van der Waals surface area contributed by atoms with Crippen molar-refractivity contribution in [1.29, 1.82) is 0 Å². The fraction of sp³-hybridized carbons (Fsp3) is 0.348. The molecule has 1 aliphatic rings. The van der Waals surface area contributed by atoms with E-state index in [1.807, 2.05) is 29.2 Å². The molecule has 1 aliphatic heterocycles. The molecule has 0 aliphatic carbocycles. The quantitative estimate of drug-likeness (QED) is 0.751. The number of rotatable bonds is 5. The van der Waals surface area contributed by atoms with E-state index in [9.17, 15) is 4.79 Å². The monoisotopic (exact) mass is 361 g/mol. The van der Waals surface area contributed by atoms with Gasteiger partial charge in [-0.25, -0.2) is 0 Å². The van der Waals surface area contributed by atoms with Crippen LogP contribution in [0.1, 0.15) is 30.2 Å². The van der Waals surface area contributed by atoms with Gasteiger partial charge >= 0.3 is 0 Å². The first kappa shape index (κ1) is 17.8. The normalized spacial score (nSPS) is 14.6. The van der Waals surface area contributed by atoms with Gasteiger partial charge < -0.3 is 15.2 Å². The van der Waals surface area contributed by atoms with Gasteiger partial charge in [0.2, 0.25) is 5.91 Å². The first-order valence-electron chi connectivity index (χ1n) is 9.80. The molecule has 140 valence electrons. The van der Waals surface area contributed by atoms with Crippen LogP contribution in [0.25, 0.3) is 10.9 Å². The molecule has 4 nitrogen and oxygen atoms in total. The number of fused-ring (bicyclic) bond motifs is 2. The van der Waals surface area contributed by atoms with Crippen molar-refractivity contribution in [2.75, 3.05) is 11.4 Å². The lowest BCUT2D eigenvalue weighted by Gasteiger charge is -2.19. The van der Waals surface area contributed by atoms with Gasteiger partial charge in [-0.15, -0.1) is 0 Å². The average molecular weight is 361 g/mol. The van der Waals surface area contributed by atoms with Crippen LogP contribution in [-0.4, -0.2) is 23.1 Å². The molecule has 1 aromatic heterocycles. The maximum Gasteiger partial charge on any atom is 0.246 e. The third-order valence-corrected chi connectivity index (χ3v) is 5.83. The van der Waals surface area contributed by atoms with Crippen molar-refractivity contribution in [2.45, 2.75) is 45.7 Å². The maximum absolute atomic E-state index is 13.1. The highest BCUT2D eigenvalue weighted by Gasteiger charge is 2.25. The highest BCUT2D eigenvalue weighted by atomic mass is 16.2. The summed E-state index contributed by atoms with van der Waals surface area (Å²) < 4.78 is 2.16. The predicted molar refractivity (Wildman–Crippen MR) is 111 cm³/mol. The largest absolute Gasteiger partial charge is 0.335 e. The van der Waals surface area contributed by atoms with Crippen molar-refractivity contribution in [3.8, 4) is 0 Å². The molecule has 27 heavy (non-hydrogen) atoms. The zero-order chi connectivity index (χ0) is 19.0. The maximum atomic E-state index is 13.1. The van der Waals surface area contributed by atoms with Gasteiger partial charge in [-0.2, -0.15) is 0 Å². The summed E-state index contributed by atoms with van der Waals surface area (Å²) in [4.78, 5) is 15.1. The van der Waals surface area contributed by atoms with Crippen molar-refractivity contribution >= 4 is 22.5 Å². The Kier molecular flexibility index (Phi) is 4.75. The molecule has 0 saturated carbocycles. The summed E-state index contributed by atoms with van der Waals surface area (Å²) in [5, 5.41) is 1.22. The van der Waals surface area contributed by atoms with Crippen molar-refractivity contribution in [1.82, 2.24) is 4.57 Å². The summed E-state index contributed by atoms with van der Waals surface area (Å²) in [5.74, 6) is 0.148. The number of anilines is 1. The summed E-state index contributed by atoms with van der Waals surface area (Å²) in [6, 6.07) is 16.7. The molecule has 0 fully saturated rings. The second kappa shape index (κ2) is 7.20. The topological polar surface area (TPSA) is 51.3 Å². The number of hydrogen-bond donors (Lipinski definition) is 1.